The number of benzene rings is 2. The van der Waals surface area contributed by atoms with Crippen molar-refractivity contribution in [2.24, 2.45) is 0 Å². The number of aliphatic carboxylic acids is 1. The number of carbonyl (C=O) groups is 1. The first-order valence-electron chi connectivity index (χ1n) is 8.38. The van der Waals surface area contributed by atoms with Gasteiger partial charge in [-0.25, -0.2) is 0 Å². The molecule has 2 aromatic carbocycles. The highest BCUT2D eigenvalue weighted by atomic mass is 35.5. The summed E-state index contributed by atoms with van der Waals surface area (Å²) in [6, 6.07) is 12.5. The lowest BCUT2D eigenvalue weighted by Crippen LogP contribution is -2.23. The van der Waals surface area contributed by atoms with Crippen LogP contribution in [0.25, 0.3) is 16.8 Å². The van der Waals surface area contributed by atoms with Crippen LogP contribution < -0.4 is 10.6 Å². The summed E-state index contributed by atoms with van der Waals surface area (Å²) >= 11 is 6.00. The van der Waals surface area contributed by atoms with Gasteiger partial charge >= 0.3 is 5.97 Å². The van der Waals surface area contributed by atoms with Crippen molar-refractivity contribution in [3.8, 4) is 16.9 Å². The SMILES string of the molecule is O=C(O)Cc1ccc(-c2cccc(/C(=C\Cl)NC3=CC=CNC3)c2O)cc1. The summed E-state index contributed by atoms with van der Waals surface area (Å²) in [7, 11) is 0. The molecule has 0 amide bonds. The van der Waals surface area contributed by atoms with E-state index in [0.717, 1.165) is 11.3 Å². The molecule has 1 aliphatic heterocycles. The molecule has 3 rings (SSSR count). The quantitative estimate of drug-likeness (QED) is 0.610. The zero-order chi connectivity index (χ0) is 19.2. The molecule has 0 unspecified atom stereocenters. The van der Waals surface area contributed by atoms with Gasteiger partial charge in [-0.05, 0) is 35.5 Å². The Morgan fingerprint density at radius 2 is 2.00 bits per heavy atom. The Bertz CT molecular complexity index is 931. The summed E-state index contributed by atoms with van der Waals surface area (Å²) < 4.78 is 0. The molecule has 1 aliphatic rings. The number of phenolic OH excluding ortho intramolecular Hbond substituents is 1. The van der Waals surface area contributed by atoms with Gasteiger partial charge in [0.15, 0.2) is 0 Å². The average Bonchev–Trinajstić information content (AvgIpc) is 2.68. The predicted octanol–water partition coefficient (Wildman–Crippen LogP) is 3.81. The lowest BCUT2D eigenvalue weighted by Gasteiger charge is -2.18. The lowest BCUT2D eigenvalue weighted by molar-refractivity contribution is -0.136. The van der Waals surface area contributed by atoms with Gasteiger partial charge in [0, 0.05) is 22.4 Å². The summed E-state index contributed by atoms with van der Waals surface area (Å²) in [5.41, 5.74) is 5.62. The fraction of sp³-hybridized carbons (Fsp3) is 0.0952. The molecule has 138 valence electrons. The second-order valence-corrected chi connectivity index (χ2v) is 6.27. The highest BCUT2D eigenvalue weighted by Crippen LogP contribution is 2.35. The van der Waals surface area contributed by atoms with Gasteiger partial charge in [0.1, 0.15) is 5.75 Å². The summed E-state index contributed by atoms with van der Waals surface area (Å²) in [4.78, 5) is 10.8. The molecule has 0 atom stereocenters. The van der Waals surface area contributed by atoms with Crippen molar-refractivity contribution in [1.29, 1.82) is 0 Å². The highest BCUT2D eigenvalue weighted by Gasteiger charge is 2.14. The van der Waals surface area contributed by atoms with Crippen molar-refractivity contribution in [1.82, 2.24) is 10.6 Å². The van der Waals surface area contributed by atoms with Crippen LogP contribution in [0, 0.1) is 0 Å². The van der Waals surface area contributed by atoms with E-state index >= 15 is 0 Å². The fourth-order valence-corrected chi connectivity index (χ4v) is 3.02. The third-order valence-corrected chi connectivity index (χ3v) is 4.37. The van der Waals surface area contributed by atoms with Crippen molar-refractivity contribution < 1.29 is 15.0 Å². The number of para-hydroxylation sites is 1. The number of aromatic hydroxyl groups is 1. The number of nitrogens with one attached hydrogen (secondary N) is 2. The molecule has 27 heavy (non-hydrogen) atoms. The average molecular weight is 383 g/mol. The molecule has 0 saturated carbocycles. The maximum Gasteiger partial charge on any atom is 0.307 e. The van der Waals surface area contributed by atoms with Gasteiger partial charge in [-0.1, -0.05) is 48.0 Å². The highest BCUT2D eigenvalue weighted by molar-refractivity contribution is 6.28. The number of allylic oxidation sites excluding steroid dienone is 2. The number of phenols is 1. The first kappa shape index (κ1) is 18.6. The molecule has 2 aromatic rings. The van der Waals surface area contributed by atoms with Crippen LogP contribution in [0.5, 0.6) is 5.75 Å². The zero-order valence-corrected chi connectivity index (χ0v) is 15.2. The van der Waals surface area contributed by atoms with E-state index < -0.39 is 5.97 Å². The van der Waals surface area contributed by atoms with E-state index in [0.29, 0.717) is 28.9 Å². The molecule has 0 fully saturated rings. The summed E-state index contributed by atoms with van der Waals surface area (Å²) in [5.74, 6) is -0.778. The largest absolute Gasteiger partial charge is 0.507 e. The summed E-state index contributed by atoms with van der Waals surface area (Å²) in [6.07, 6.45) is 5.62. The van der Waals surface area contributed by atoms with E-state index in [1.165, 1.54) is 5.54 Å². The van der Waals surface area contributed by atoms with Gasteiger partial charge in [-0.15, -0.1) is 0 Å². The number of hydrogen-bond acceptors (Lipinski definition) is 4. The van der Waals surface area contributed by atoms with Crippen LogP contribution in [0.2, 0.25) is 0 Å². The van der Waals surface area contributed by atoms with Gasteiger partial charge in [-0.3, -0.25) is 4.79 Å². The number of hydrogen-bond donors (Lipinski definition) is 4. The number of dihydropyridines is 1. The van der Waals surface area contributed by atoms with E-state index in [9.17, 15) is 9.90 Å². The smallest absolute Gasteiger partial charge is 0.307 e. The van der Waals surface area contributed by atoms with Crippen LogP contribution >= 0.6 is 11.6 Å². The van der Waals surface area contributed by atoms with Crippen molar-refractivity contribution in [2.45, 2.75) is 6.42 Å². The number of carboxylic acids is 1. The molecule has 6 heteroatoms. The Labute approximate surface area is 162 Å². The third kappa shape index (κ3) is 4.51. The van der Waals surface area contributed by atoms with Crippen LogP contribution in [-0.2, 0) is 11.2 Å². The van der Waals surface area contributed by atoms with E-state index in [4.69, 9.17) is 16.7 Å². The van der Waals surface area contributed by atoms with Crippen LogP contribution in [-0.4, -0.2) is 22.7 Å². The normalized spacial score (nSPS) is 13.7. The molecule has 4 N–H and O–H groups in total. The molecule has 0 aliphatic carbocycles. The van der Waals surface area contributed by atoms with E-state index in [2.05, 4.69) is 10.6 Å². The molecule has 0 aromatic heterocycles. The Hall–Kier alpha value is -3.18. The fourth-order valence-electron chi connectivity index (χ4n) is 2.84. The van der Waals surface area contributed by atoms with Crippen molar-refractivity contribution in [2.75, 3.05) is 6.54 Å². The van der Waals surface area contributed by atoms with E-state index in [1.807, 2.05) is 24.4 Å². The standard InChI is InChI=1S/C21H19ClN2O3/c22-12-19(24-16-3-2-10-23-13-16)18-5-1-4-17(21(18)27)15-8-6-14(7-9-15)11-20(25)26/h1-10,12,23-24,27H,11,13H2,(H,25,26)/b19-12+. The van der Waals surface area contributed by atoms with Gasteiger partial charge < -0.3 is 20.8 Å². The van der Waals surface area contributed by atoms with Gasteiger partial charge in [0.05, 0.1) is 18.7 Å². The number of rotatable bonds is 6. The molecular formula is C21H19ClN2O3. The summed E-state index contributed by atoms with van der Waals surface area (Å²) in [6.45, 7) is 0.635. The summed E-state index contributed by atoms with van der Waals surface area (Å²) in [5, 5.41) is 26.0. The number of halogens is 1. The first-order chi connectivity index (χ1) is 13.1. The first-order valence-corrected chi connectivity index (χ1v) is 8.82. The van der Waals surface area contributed by atoms with Crippen LogP contribution in [0.15, 0.2) is 72.0 Å². The minimum Gasteiger partial charge on any atom is -0.507 e. The van der Waals surface area contributed by atoms with Crippen LogP contribution in [0.4, 0.5) is 0 Å². The second-order valence-electron chi connectivity index (χ2n) is 6.05. The van der Waals surface area contributed by atoms with Crippen molar-refractivity contribution in [3.63, 3.8) is 0 Å². The number of carboxylic acid groups (broad SMARTS) is 1. The zero-order valence-electron chi connectivity index (χ0n) is 14.4. The predicted molar refractivity (Wildman–Crippen MR) is 107 cm³/mol. The Balaban J connectivity index is 1.89. The molecule has 5 nitrogen and oxygen atoms in total. The Kier molecular flexibility index (Phi) is 5.84. The van der Waals surface area contributed by atoms with E-state index in [-0.39, 0.29) is 12.2 Å². The molecule has 0 radical (unpaired) electrons. The van der Waals surface area contributed by atoms with Gasteiger partial charge in [-0.2, -0.15) is 0 Å². The van der Waals surface area contributed by atoms with Crippen molar-refractivity contribution in [3.05, 3.63) is 83.2 Å². The monoisotopic (exact) mass is 382 g/mol. The topological polar surface area (TPSA) is 81.6 Å². The minimum absolute atomic E-state index is 0.0348. The lowest BCUT2D eigenvalue weighted by atomic mass is 9.98. The minimum atomic E-state index is -0.878. The van der Waals surface area contributed by atoms with Gasteiger partial charge in [0.2, 0.25) is 0 Å². The molecular weight excluding hydrogens is 364 g/mol. The molecule has 0 bridgehead atoms. The molecule has 0 spiro atoms. The van der Waals surface area contributed by atoms with E-state index in [1.54, 1.807) is 36.4 Å². The maximum absolute atomic E-state index is 10.8. The second kappa shape index (κ2) is 8.47. The van der Waals surface area contributed by atoms with Gasteiger partial charge in [0.25, 0.3) is 0 Å². The Morgan fingerprint density at radius 3 is 2.63 bits per heavy atom. The molecule has 0 saturated heterocycles. The molecule has 1 heterocycles. The maximum atomic E-state index is 10.8. The van der Waals surface area contributed by atoms with Crippen LogP contribution in [0.3, 0.4) is 0 Å². The van der Waals surface area contributed by atoms with Crippen LogP contribution in [0.1, 0.15) is 11.1 Å². The van der Waals surface area contributed by atoms with Crippen molar-refractivity contribution >= 4 is 23.3 Å². The Morgan fingerprint density at radius 1 is 1.22 bits per heavy atom. The third-order valence-electron chi connectivity index (χ3n) is 4.15.